The van der Waals surface area contributed by atoms with Gasteiger partial charge in [-0.2, -0.15) is 0 Å². The molecule has 0 aromatic carbocycles. The molecule has 0 amide bonds. The second kappa shape index (κ2) is 6.67. The van der Waals surface area contributed by atoms with Crippen molar-refractivity contribution >= 4 is 17.5 Å². The summed E-state index contributed by atoms with van der Waals surface area (Å²) in [5, 5.41) is 4.63. The first-order valence-corrected chi connectivity index (χ1v) is 8.60. The van der Waals surface area contributed by atoms with E-state index in [1.54, 1.807) is 28.5 Å². The third-order valence-corrected chi connectivity index (χ3v) is 5.44. The van der Waals surface area contributed by atoms with Gasteiger partial charge < -0.3 is 5.32 Å². The highest BCUT2D eigenvalue weighted by Gasteiger charge is 2.25. The van der Waals surface area contributed by atoms with E-state index in [9.17, 15) is 4.79 Å². The zero-order valence-corrected chi connectivity index (χ0v) is 13.5. The molecule has 1 aromatic heterocycles. The number of hydrogen-bond acceptors (Lipinski definition) is 4. The maximum atomic E-state index is 12.9. The SMILES string of the molecule is C=C/C=C(\C=C)n1c(SC2CCC2)nc2c(c1=O)CNCC2. The van der Waals surface area contributed by atoms with E-state index >= 15 is 0 Å². The smallest absolute Gasteiger partial charge is 0.263 e. The molecule has 1 N–H and O–H groups in total. The third-order valence-electron chi connectivity index (χ3n) is 4.15. The fourth-order valence-corrected chi connectivity index (χ4v) is 4.01. The predicted octanol–water partition coefficient (Wildman–Crippen LogP) is 2.75. The molecule has 22 heavy (non-hydrogen) atoms. The summed E-state index contributed by atoms with van der Waals surface area (Å²) in [6.45, 7) is 9.04. The molecule has 1 aliphatic heterocycles. The lowest BCUT2D eigenvalue weighted by Gasteiger charge is -2.27. The molecule has 1 fully saturated rings. The molecule has 3 rings (SSSR count). The molecular formula is C17H21N3OS. The molecule has 0 unspecified atom stereocenters. The summed E-state index contributed by atoms with van der Waals surface area (Å²) < 4.78 is 1.70. The standard InChI is InChI=1S/C17H21N3OS/c1-3-6-12(4-2)20-16(21)14-11-18-10-9-15(14)19-17(20)22-13-7-5-8-13/h3-4,6,13,18H,1-2,5,7-11H2/b12-6+. The average molecular weight is 315 g/mol. The van der Waals surface area contributed by atoms with Crippen LogP contribution in [-0.4, -0.2) is 21.3 Å². The van der Waals surface area contributed by atoms with Gasteiger partial charge in [0.15, 0.2) is 5.16 Å². The van der Waals surface area contributed by atoms with Gasteiger partial charge in [-0.3, -0.25) is 9.36 Å². The van der Waals surface area contributed by atoms with E-state index in [2.05, 4.69) is 18.5 Å². The number of fused-ring (bicyclic) bond motifs is 1. The van der Waals surface area contributed by atoms with Crippen LogP contribution in [-0.2, 0) is 13.0 Å². The Hall–Kier alpha value is -1.59. The summed E-state index contributed by atoms with van der Waals surface area (Å²) in [4.78, 5) is 17.8. The zero-order chi connectivity index (χ0) is 15.5. The molecule has 0 radical (unpaired) electrons. The Balaban J connectivity index is 2.14. The third kappa shape index (κ3) is 2.83. The summed E-state index contributed by atoms with van der Waals surface area (Å²) >= 11 is 1.72. The van der Waals surface area contributed by atoms with Crippen LogP contribution in [0.4, 0.5) is 0 Å². The monoisotopic (exact) mass is 315 g/mol. The summed E-state index contributed by atoms with van der Waals surface area (Å²) in [6, 6.07) is 0. The van der Waals surface area contributed by atoms with Gasteiger partial charge in [-0.15, -0.1) is 0 Å². The van der Waals surface area contributed by atoms with Crippen molar-refractivity contribution in [1.82, 2.24) is 14.9 Å². The predicted molar refractivity (Wildman–Crippen MR) is 92.1 cm³/mol. The quantitative estimate of drug-likeness (QED) is 0.670. The molecular weight excluding hydrogens is 294 g/mol. The zero-order valence-electron chi connectivity index (χ0n) is 12.7. The topological polar surface area (TPSA) is 46.9 Å². The Kier molecular flexibility index (Phi) is 4.64. The Labute approximate surface area is 135 Å². The van der Waals surface area contributed by atoms with Crippen LogP contribution in [0.3, 0.4) is 0 Å². The summed E-state index contributed by atoms with van der Waals surface area (Å²) in [5.74, 6) is 0. The van der Waals surface area contributed by atoms with Gasteiger partial charge >= 0.3 is 0 Å². The van der Waals surface area contributed by atoms with Gasteiger partial charge in [-0.25, -0.2) is 4.98 Å². The first-order chi connectivity index (χ1) is 10.7. The van der Waals surface area contributed by atoms with Crippen LogP contribution in [0.2, 0.25) is 0 Å². The van der Waals surface area contributed by atoms with Gasteiger partial charge in [0.05, 0.1) is 17.0 Å². The summed E-state index contributed by atoms with van der Waals surface area (Å²) in [7, 11) is 0. The lowest BCUT2D eigenvalue weighted by atomic mass is 10.0. The van der Waals surface area contributed by atoms with Crippen molar-refractivity contribution < 1.29 is 0 Å². The van der Waals surface area contributed by atoms with E-state index < -0.39 is 0 Å². The Morgan fingerprint density at radius 1 is 1.41 bits per heavy atom. The molecule has 2 aliphatic rings. The molecule has 1 saturated carbocycles. The van der Waals surface area contributed by atoms with Gasteiger partial charge in [-0.05, 0) is 25.0 Å². The van der Waals surface area contributed by atoms with Crippen molar-refractivity contribution in [1.29, 1.82) is 0 Å². The van der Waals surface area contributed by atoms with E-state index in [0.29, 0.717) is 11.8 Å². The van der Waals surface area contributed by atoms with E-state index in [-0.39, 0.29) is 5.56 Å². The van der Waals surface area contributed by atoms with E-state index in [4.69, 9.17) is 4.98 Å². The van der Waals surface area contributed by atoms with Crippen molar-refractivity contribution in [2.24, 2.45) is 0 Å². The fraction of sp³-hybridized carbons (Fsp3) is 0.412. The van der Waals surface area contributed by atoms with Crippen molar-refractivity contribution in [3.8, 4) is 0 Å². The molecule has 1 aliphatic carbocycles. The number of nitrogens with zero attached hydrogens (tertiary/aromatic N) is 2. The minimum atomic E-state index is 0.0204. The second-order valence-corrected chi connectivity index (χ2v) is 6.86. The highest BCUT2D eigenvalue weighted by Crippen LogP contribution is 2.36. The van der Waals surface area contributed by atoms with Gasteiger partial charge in [0.25, 0.3) is 5.56 Å². The van der Waals surface area contributed by atoms with Crippen LogP contribution in [0.25, 0.3) is 5.70 Å². The normalized spacial score (nSPS) is 18.5. The average Bonchev–Trinajstić information content (AvgIpc) is 2.49. The molecule has 0 atom stereocenters. The number of aromatic nitrogens is 2. The van der Waals surface area contributed by atoms with Crippen LogP contribution in [0.5, 0.6) is 0 Å². The number of nitrogens with one attached hydrogen (secondary N) is 1. The molecule has 2 heterocycles. The van der Waals surface area contributed by atoms with E-state index in [0.717, 1.165) is 35.1 Å². The van der Waals surface area contributed by atoms with Crippen LogP contribution < -0.4 is 10.9 Å². The highest BCUT2D eigenvalue weighted by atomic mass is 32.2. The van der Waals surface area contributed by atoms with Crippen molar-refractivity contribution in [3.05, 3.63) is 53.0 Å². The number of rotatable bonds is 5. The molecule has 0 spiro atoms. The molecule has 1 aromatic rings. The lowest BCUT2D eigenvalue weighted by Crippen LogP contribution is -2.36. The van der Waals surface area contributed by atoms with E-state index in [1.165, 1.54) is 19.3 Å². The van der Waals surface area contributed by atoms with Crippen molar-refractivity contribution in [2.75, 3.05) is 6.54 Å². The first kappa shape index (κ1) is 15.3. The summed E-state index contributed by atoms with van der Waals surface area (Å²) in [6.07, 6.45) is 9.67. The highest BCUT2D eigenvalue weighted by molar-refractivity contribution is 7.99. The van der Waals surface area contributed by atoms with Crippen LogP contribution in [0, 0.1) is 0 Å². The molecule has 5 heteroatoms. The van der Waals surface area contributed by atoms with Crippen molar-refractivity contribution in [2.45, 2.75) is 42.6 Å². The van der Waals surface area contributed by atoms with Crippen molar-refractivity contribution in [3.63, 3.8) is 0 Å². The summed E-state index contributed by atoms with van der Waals surface area (Å²) in [5.41, 5.74) is 2.49. The van der Waals surface area contributed by atoms with E-state index in [1.807, 2.05) is 6.08 Å². The van der Waals surface area contributed by atoms with Crippen LogP contribution in [0.15, 0.2) is 41.3 Å². The van der Waals surface area contributed by atoms with Gasteiger partial charge in [0.2, 0.25) is 0 Å². The Bertz CT molecular complexity index is 686. The maximum Gasteiger partial charge on any atom is 0.263 e. The minimum Gasteiger partial charge on any atom is -0.312 e. The van der Waals surface area contributed by atoms with Gasteiger partial charge in [0, 0.05) is 24.8 Å². The van der Waals surface area contributed by atoms with Gasteiger partial charge in [0.1, 0.15) is 0 Å². The maximum absolute atomic E-state index is 12.9. The molecule has 0 bridgehead atoms. The first-order valence-electron chi connectivity index (χ1n) is 7.72. The molecule has 116 valence electrons. The number of thioether (sulfide) groups is 1. The largest absolute Gasteiger partial charge is 0.312 e. The van der Waals surface area contributed by atoms with Crippen LogP contribution >= 0.6 is 11.8 Å². The Morgan fingerprint density at radius 3 is 2.86 bits per heavy atom. The molecule has 4 nitrogen and oxygen atoms in total. The Morgan fingerprint density at radius 2 is 2.23 bits per heavy atom. The fourth-order valence-electron chi connectivity index (χ4n) is 2.68. The lowest BCUT2D eigenvalue weighted by molar-refractivity contribution is 0.519. The minimum absolute atomic E-state index is 0.0204. The number of allylic oxidation sites excluding steroid dienone is 4. The number of hydrogen-bond donors (Lipinski definition) is 1. The van der Waals surface area contributed by atoms with Crippen LogP contribution in [0.1, 0.15) is 30.5 Å². The van der Waals surface area contributed by atoms with Gasteiger partial charge in [-0.1, -0.05) is 37.4 Å². The molecule has 0 saturated heterocycles. The second-order valence-electron chi connectivity index (χ2n) is 5.59.